The van der Waals surface area contributed by atoms with Crippen molar-refractivity contribution in [1.82, 2.24) is 4.31 Å². The molecular weight excluding hydrogens is 224 g/mol. The van der Waals surface area contributed by atoms with Crippen LogP contribution in [0.15, 0.2) is 0 Å². The molecule has 0 aromatic heterocycles. The van der Waals surface area contributed by atoms with Gasteiger partial charge in [0.1, 0.15) is 0 Å². The Morgan fingerprint density at radius 1 is 1.12 bits per heavy atom. The number of hydrogen-bond donors (Lipinski definition) is 1. The van der Waals surface area contributed by atoms with Gasteiger partial charge < -0.3 is 5.73 Å². The quantitative estimate of drug-likeness (QED) is 0.822. The average molecular weight is 248 g/mol. The first-order valence-corrected chi connectivity index (χ1v) is 6.92. The lowest BCUT2D eigenvalue weighted by molar-refractivity contribution is 0.0466. The number of hydrogen-bond acceptors (Lipinski definition) is 3. The number of piperidine rings is 1. The summed E-state index contributed by atoms with van der Waals surface area (Å²) < 4.78 is 19.5. The van der Waals surface area contributed by atoms with Crippen molar-refractivity contribution in [3.8, 4) is 0 Å². The van der Waals surface area contributed by atoms with Crippen LogP contribution in [0.3, 0.4) is 0 Å². The van der Waals surface area contributed by atoms with Gasteiger partial charge in [-0.3, -0.25) is 4.18 Å². The molecule has 0 radical (unpaired) electrons. The zero-order valence-electron chi connectivity index (χ0n) is 10.8. The molecule has 1 atom stereocenters. The van der Waals surface area contributed by atoms with Crippen LogP contribution < -0.4 is 5.73 Å². The van der Waals surface area contributed by atoms with Gasteiger partial charge >= 0.3 is 0 Å². The van der Waals surface area contributed by atoms with Gasteiger partial charge in [0.05, 0.1) is 5.60 Å². The first-order valence-electron chi connectivity index (χ1n) is 5.89. The molecule has 1 heterocycles. The van der Waals surface area contributed by atoms with E-state index in [1.165, 1.54) is 6.42 Å². The van der Waals surface area contributed by atoms with E-state index in [1.807, 2.05) is 32.0 Å². The summed E-state index contributed by atoms with van der Waals surface area (Å²) in [6.45, 7) is 9.26. The van der Waals surface area contributed by atoms with Crippen molar-refractivity contribution in [2.45, 2.75) is 58.1 Å². The lowest BCUT2D eigenvalue weighted by Gasteiger charge is -2.38. The molecule has 16 heavy (non-hydrogen) atoms. The summed E-state index contributed by atoms with van der Waals surface area (Å²) in [4.78, 5) is 0. The molecule has 0 spiro atoms. The van der Waals surface area contributed by atoms with Crippen molar-refractivity contribution >= 4 is 11.3 Å². The summed E-state index contributed by atoms with van der Waals surface area (Å²) in [6.07, 6.45) is 3.42. The van der Waals surface area contributed by atoms with E-state index < -0.39 is 22.4 Å². The van der Waals surface area contributed by atoms with Gasteiger partial charge in [0.15, 0.2) is 0 Å². The largest absolute Gasteiger partial charge is 0.323 e. The van der Waals surface area contributed by atoms with Crippen molar-refractivity contribution < 1.29 is 8.39 Å². The molecule has 1 unspecified atom stereocenters. The Balaban J connectivity index is 2.56. The third-order valence-electron chi connectivity index (χ3n) is 3.36. The lowest BCUT2D eigenvalue weighted by atomic mass is 9.87. The van der Waals surface area contributed by atoms with E-state index in [4.69, 9.17) is 9.92 Å². The van der Waals surface area contributed by atoms with Crippen molar-refractivity contribution in [2.24, 2.45) is 5.73 Å². The molecule has 96 valence electrons. The standard InChI is InChI=1S/C11H24N2O2S/c1-10(2,12)11(3,4)15-16(14)13-8-6-5-7-9-13/h5-9,12H2,1-4H3. The van der Waals surface area contributed by atoms with Crippen molar-refractivity contribution in [1.29, 1.82) is 0 Å². The molecule has 1 fully saturated rings. The van der Waals surface area contributed by atoms with Crippen LogP contribution in [0.25, 0.3) is 0 Å². The first kappa shape index (κ1) is 14.1. The van der Waals surface area contributed by atoms with E-state index in [-0.39, 0.29) is 0 Å². The Morgan fingerprint density at radius 3 is 2.06 bits per heavy atom. The van der Waals surface area contributed by atoms with Gasteiger partial charge in [0.25, 0.3) is 0 Å². The van der Waals surface area contributed by atoms with Crippen LogP contribution in [0.2, 0.25) is 0 Å². The molecule has 0 aromatic carbocycles. The molecule has 1 rings (SSSR count). The Labute approximate surface area is 101 Å². The average Bonchev–Trinajstić information content (AvgIpc) is 2.16. The maximum absolute atomic E-state index is 12.0. The second-order valence-electron chi connectivity index (χ2n) is 5.52. The number of rotatable bonds is 4. The third-order valence-corrected chi connectivity index (χ3v) is 4.70. The second-order valence-corrected chi connectivity index (χ2v) is 6.64. The monoisotopic (exact) mass is 248 g/mol. The first-order chi connectivity index (χ1) is 7.24. The molecule has 1 aliphatic heterocycles. The Bertz CT molecular complexity index is 255. The maximum atomic E-state index is 12.0. The molecule has 4 nitrogen and oxygen atoms in total. The third kappa shape index (κ3) is 3.52. The van der Waals surface area contributed by atoms with Gasteiger partial charge in [-0.25, -0.2) is 8.51 Å². The molecule has 0 aromatic rings. The van der Waals surface area contributed by atoms with E-state index in [0.29, 0.717) is 0 Å². The molecule has 2 N–H and O–H groups in total. The lowest BCUT2D eigenvalue weighted by Crippen LogP contribution is -2.55. The smallest absolute Gasteiger partial charge is 0.237 e. The Morgan fingerprint density at radius 2 is 1.62 bits per heavy atom. The van der Waals surface area contributed by atoms with Crippen LogP contribution in [-0.4, -0.2) is 32.7 Å². The van der Waals surface area contributed by atoms with Crippen molar-refractivity contribution in [2.75, 3.05) is 13.1 Å². The highest BCUT2D eigenvalue weighted by atomic mass is 32.2. The SMILES string of the molecule is CC(C)(N)C(C)(C)OS(=O)N1CCCCC1. The predicted octanol–water partition coefficient (Wildman–Crippen LogP) is 1.58. The molecule has 1 saturated heterocycles. The highest BCUT2D eigenvalue weighted by Crippen LogP contribution is 2.25. The summed E-state index contributed by atoms with van der Waals surface area (Å²) in [6, 6.07) is 0. The fourth-order valence-corrected chi connectivity index (χ4v) is 2.59. The summed E-state index contributed by atoms with van der Waals surface area (Å²) in [5.74, 6) is 0. The Hall–Kier alpha value is 0.0300. The fraction of sp³-hybridized carbons (Fsp3) is 1.00. The molecule has 1 aliphatic rings. The van der Waals surface area contributed by atoms with E-state index >= 15 is 0 Å². The Kier molecular flexibility index (Phi) is 4.51. The number of nitrogens with zero attached hydrogens (tertiary/aromatic N) is 1. The van der Waals surface area contributed by atoms with Gasteiger partial charge in [0, 0.05) is 18.6 Å². The summed E-state index contributed by atoms with van der Waals surface area (Å²) >= 11 is -1.37. The van der Waals surface area contributed by atoms with Gasteiger partial charge in [0.2, 0.25) is 11.3 Å². The zero-order valence-corrected chi connectivity index (χ0v) is 11.6. The molecule has 0 amide bonds. The minimum atomic E-state index is -1.37. The van der Waals surface area contributed by atoms with Crippen LogP contribution in [0.4, 0.5) is 0 Å². The van der Waals surface area contributed by atoms with Crippen LogP contribution >= 0.6 is 0 Å². The molecule has 0 bridgehead atoms. The van der Waals surface area contributed by atoms with Gasteiger partial charge in [-0.15, -0.1) is 0 Å². The van der Waals surface area contributed by atoms with Gasteiger partial charge in [-0.2, -0.15) is 0 Å². The summed E-state index contributed by atoms with van der Waals surface area (Å²) in [7, 11) is 0. The highest BCUT2D eigenvalue weighted by Gasteiger charge is 2.38. The molecule has 5 heteroatoms. The van der Waals surface area contributed by atoms with E-state index in [1.54, 1.807) is 0 Å². The van der Waals surface area contributed by atoms with Crippen LogP contribution in [0, 0.1) is 0 Å². The van der Waals surface area contributed by atoms with Crippen LogP contribution in [-0.2, 0) is 15.4 Å². The minimum absolute atomic E-state index is 0.515. The van der Waals surface area contributed by atoms with E-state index in [0.717, 1.165) is 25.9 Å². The van der Waals surface area contributed by atoms with Crippen molar-refractivity contribution in [3.63, 3.8) is 0 Å². The van der Waals surface area contributed by atoms with Crippen LogP contribution in [0.5, 0.6) is 0 Å². The molecule has 0 aliphatic carbocycles. The van der Waals surface area contributed by atoms with Gasteiger partial charge in [-0.05, 0) is 40.5 Å². The summed E-state index contributed by atoms with van der Waals surface area (Å²) in [5.41, 5.74) is 4.90. The molecular formula is C11H24N2O2S. The fourth-order valence-electron chi connectivity index (χ4n) is 1.35. The normalized spacial score (nSPS) is 22.1. The second kappa shape index (κ2) is 5.12. The topological polar surface area (TPSA) is 55.6 Å². The maximum Gasteiger partial charge on any atom is 0.237 e. The highest BCUT2D eigenvalue weighted by molar-refractivity contribution is 7.77. The number of nitrogens with two attached hydrogens (primary N) is 1. The predicted molar refractivity (Wildman–Crippen MR) is 67.0 cm³/mol. The summed E-state index contributed by atoms with van der Waals surface area (Å²) in [5, 5.41) is 0. The van der Waals surface area contributed by atoms with E-state index in [2.05, 4.69) is 0 Å². The molecule has 0 saturated carbocycles. The van der Waals surface area contributed by atoms with Gasteiger partial charge in [-0.1, -0.05) is 6.42 Å². The minimum Gasteiger partial charge on any atom is -0.323 e. The van der Waals surface area contributed by atoms with Crippen molar-refractivity contribution in [3.05, 3.63) is 0 Å². The van der Waals surface area contributed by atoms with Crippen LogP contribution in [0.1, 0.15) is 47.0 Å². The zero-order chi connectivity index (χ0) is 12.4. The van der Waals surface area contributed by atoms with E-state index in [9.17, 15) is 4.21 Å².